The normalized spacial score (nSPS) is 12.5. The average molecular weight is 468 g/mol. The molecule has 0 spiro atoms. The van der Waals surface area contributed by atoms with Crippen LogP contribution in [0.25, 0.3) is 0 Å². The second-order valence-electron chi connectivity index (χ2n) is 7.40. The molecule has 0 aliphatic rings. The zero-order valence-corrected chi connectivity index (χ0v) is 19.6. The number of unbranched alkanes of at least 4 members (excludes halogenated alkanes) is 1. The van der Waals surface area contributed by atoms with E-state index in [0.717, 1.165) is 18.4 Å². The number of benzene rings is 3. The SMILES string of the molecule is CCCCNc1cc(C(=O)OC)cc(S(=N)(=O)NCc2ccccc2)c1Oc1ccccc1. The van der Waals surface area contributed by atoms with E-state index in [1.165, 1.54) is 13.2 Å². The Kier molecular flexibility index (Phi) is 8.46. The van der Waals surface area contributed by atoms with Crippen LogP contribution in [0.1, 0.15) is 35.7 Å². The highest BCUT2D eigenvalue weighted by Crippen LogP contribution is 2.38. The van der Waals surface area contributed by atoms with Crippen molar-refractivity contribution >= 4 is 21.6 Å². The molecule has 3 rings (SSSR count). The Morgan fingerprint density at radius 3 is 2.33 bits per heavy atom. The fraction of sp³-hybridized carbons (Fsp3) is 0.240. The number of rotatable bonds is 11. The summed E-state index contributed by atoms with van der Waals surface area (Å²) in [4.78, 5) is 12.4. The summed E-state index contributed by atoms with van der Waals surface area (Å²) in [6.45, 7) is 2.92. The zero-order valence-electron chi connectivity index (χ0n) is 18.8. The first-order valence-electron chi connectivity index (χ1n) is 10.7. The molecule has 0 saturated heterocycles. The van der Waals surface area contributed by atoms with Crippen LogP contribution in [0.3, 0.4) is 0 Å². The predicted molar refractivity (Wildman–Crippen MR) is 130 cm³/mol. The fourth-order valence-corrected chi connectivity index (χ4v) is 4.38. The van der Waals surface area contributed by atoms with Gasteiger partial charge in [-0.15, -0.1) is 0 Å². The van der Waals surface area contributed by atoms with E-state index in [9.17, 15) is 9.00 Å². The first-order valence-corrected chi connectivity index (χ1v) is 12.3. The highest BCUT2D eigenvalue weighted by atomic mass is 32.2. The average Bonchev–Trinajstić information content (AvgIpc) is 2.84. The van der Waals surface area contributed by atoms with Gasteiger partial charge >= 0.3 is 5.97 Å². The minimum Gasteiger partial charge on any atom is -0.465 e. The van der Waals surface area contributed by atoms with Crippen molar-refractivity contribution in [2.24, 2.45) is 0 Å². The summed E-state index contributed by atoms with van der Waals surface area (Å²) in [6, 6.07) is 21.5. The molecule has 174 valence electrons. The number of carbonyl (C=O) groups is 1. The summed E-state index contributed by atoms with van der Waals surface area (Å²) < 4.78 is 36.1. The smallest absolute Gasteiger partial charge is 0.337 e. The molecule has 0 fully saturated rings. The molecule has 1 unspecified atom stereocenters. The highest BCUT2D eigenvalue weighted by Gasteiger charge is 2.24. The van der Waals surface area contributed by atoms with E-state index < -0.39 is 15.9 Å². The molecule has 0 amide bonds. The fourth-order valence-electron chi connectivity index (χ4n) is 3.15. The van der Waals surface area contributed by atoms with Crippen molar-refractivity contribution in [3.8, 4) is 11.5 Å². The van der Waals surface area contributed by atoms with Crippen molar-refractivity contribution in [2.45, 2.75) is 31.2 Å². The number of hydrogen-bond acceptors (Lipinski definition) is 6. The van der Waals surface area contributed by atoms with Gasteiger partial charge in [0, 0.05) is 13.1 Å². The predicted octanol–water partition coefficient (Wildman–Crippen LogP) is 5.59. The van der Waals surface area contributed by atoms with Gasteiger partial charge in [-0.05, 0) is 36.2 Å². The number of esters is 1. The van der Waals surface area contributed by atoms with Crippen LogP contribution in [-0.2, 0) is 21.2 Å². The van der Waals surface area contributed by atoms with Crippen LogP contribution in [0, 0.1) is 4.78 Å². The van der Waals surface area contributed by atoms with Crippen molar-refractivity contribution in [1.29, 1.82) is 4.78 Å². The number of carbonyl (C=O) groups excluding carboxylic acids is 1. The van der Waals surface area contributed by atoms with Crippen LogP contribution in [-0.4, -0.2) is 23.8 Å². The molecule has 1 atom stereocenters. The summed E-state index contributed by atoms with van der Waals surface area (Å²) >= 11 is 0. The number of ether oxygens (including phenoxy) is 2. The van der Waals surface area contributed by atoms with Gasteiger partial charge in [0.2, 0.25) is 0 Å². The summed E-state index contributed by atoms with van der Waals surface area (Å²) in [5, 5.41) is 3.27. The summed E-state index contributed by atoms with van der Waals surface area (Å²) in [7, 11) is -2.27. The largest absolute Gasteiger partial charge is 0.465 e. The van der Waals surface area contributed by atoms with Gasteiger partial charge < -0.3 is 14.8 Å². The molecule has 3 aromatic rings. The molecule has 0 bridgehead atoms. The van der Waals surface area contributed by atoms with Crippen LogP contribution in [0.5, 0.6) is 11.5 Å². The summed E-state index contributed by atoms with van der Waals surface area (Å²) in [5.41, 5.74) is 1.55. The van der Waals surface area contributed by atoms with Gasteiger partial charge in [-0.25, -0.2) is 18.5 Å². The van der Waals surface area contributed by atoms with Gasteiger partial charge in [0.15, 0.2) is 5.75 Å². The van der Waals surface area contributed by atoms with Crippen molar-refractivity contribution in [1.82, 2.24) is 4.72 Å². The molecule has 7 nitrogen and oxygen atoms in total. The number of hydrogen-bond donors (Lipinski definition) is 3. The lowest BCUT2D eigenvalue weighted by Crippen LogP contribution is -2.23. The molecule has 0 heterocycles. The molecule has 0 radical (unpaired) electrons. The van der Waals surface area contributed by atoms with E-state index >= 15 is 0 Å². The monoisotopic (exact) mass is 467 g/mol. The minimum atomic E-state index is -3.55. The van der Waals surface area contributed by atoms with Crippen molar-refractivity contribution in [3.05, 3.63) is 83.9 Å². The Bertz CT molecular complexity index is 1170. The lowest BCUT2D eigenvalue weighted by molar-refractivity contribution is 0.0600. The molecule has 8 heteroatoms. The molecule has 33 heavy (non-hydrogen) atoms. The van der Waals surface area contributed by atoms with Crippen molar-refractivity contribution < 1.29 is 18.5 Å². The summed E-state index contributed by atoms with van der Waals surface area (Å²) in [5.74, 6) is 0.186. The molecule has 0 saturated carbocycles. The minimum absolute atomic E-state index is 0.0733. The van der Waals surface area contributed by atoms with E-state index in [-0.39, 0.29) is 22.8 Å². The number of para-hydroxylation sites is 1. The molecule has 0 aromatic heterocycles. The van der Waals surface area contributed by atoms with Crippen LogP contribution in [0.4, 0.5) is 5.69 Å². The molecule has 3 N–H and O–H groups in total. The lowest BCUT2D eigenvalue weighted by Gasteiger charge is -2.20. The molecule has 0 aliphatic carbocycles. The van der Waals surface area contributed by atoms with E-state index in [2.05, 4.69) is 17.0 Å². The quantitative estimate of drug-likeness (QED) is 0.252. The Morgan fingerprint density at radius 2 is 1.70 bits per heavy atom. The molecular weight excluding hydrogens is 438 g/mol. The van der Waals surface area contributed by atoms with Crippen molar-refractivity contribution in [3.63, 3.8) is 0 Å². The van der Waals surface area contributed by atoms with Gasteiger partial charge in [0.25, 0.3) is 0 Å². The standard InChI is InChI=1S/C25H29N3O4S/c1-3-4-15-27-22-16-20(25(29)31-2)17-23(24(22)32-21-13-9-6-10-14-21)33(26,30)28-18-19-11-7-5-8-12-19/h5-14,16-17,27H,3-4,15,18H2,1-2H3,(H2,26,28,30). The second kappa shape index (κ2) is 11.5. The Hall–Kier alpha value is -3.36. The molecule has 0 aliphatic heterocycles. The first-order chi connectivity index (χ1) is 15.9. The van der Waals surface area contributed by atoms with Gasteiger partial charge in [-0.2, -0.15) is 0 Å². The zero-order chi connectivity index (χ0) is 23.7. The van der Waals surface area contributed by atoms with E-state index in [4.69, 9.17) is 14.3 Å². The van der Waals surface area contributed by atoms with E-state index in [0.29, 0.717) is 18.0 Å². The van der Waals surface area contributed by atoms with Crippen LogP contribution in [0.2, 0.25) is 0 Å². The second-order valence-corrected chi connectivity index (χ2v) is 9.24. The molecule has 3 aromatic carbocycles. The van der Waals surface area contributed by atoms with Crippen LogP contribution >= 0.6 is 0 Å². The maximum Gasteiger partial charge on any atom is 0.337 e. The Labute approximate surface area is 195 Å². The van der Waals surface area contributed by atoms with E-state index in [1.807, 2.05) is 48.5 Å². The third kappa shape index (κ3) is 6.57. The van der Waals surface area contributed by atoms with Crippen LogP contribution < -0.4 is 14.8 Å². The van der Waals surface area contributed by atoms with Crippen LogP contribution in [0.15, 0.2) is 77.7 Å². The third-order valence-electron chi connectivity index (χ3n) is 4.92. The number of anilines is 1. The van der Waals surface area contributed by atoms with Crippen molar-refractivity contribution in [2.75, 3.05) is 19.0 Å². The highest BCUT2D eigenvalue weighted by molar-refractivity contribution is 7.90. The topological polar surface area (TPSA) is 101 Å². The van der Waals surface area contributed by atoms with Gasteiger partial charge in [-0.1, -0.05) is 61.9 Å². The maximum absolute atomic E-state index is 13.6. The van der Waals surface area contributed by atoms with Gasteiger partial charge in [0.05, 0.1) is 18.4 Å². The number of nitrogens with one attached hydrogen (secondary N) is 3. The Balaban J connectivity index is 2.08. The first kappa shape index (κ1) is 24.3. The third-order valence-corrected chi connectivity index (χ3v) is 6.39. The Morgan fingerprint density at radius 1 is 1.03 bits per heavy atom. The molecular formula is C25H29N3O4S. The van der Waals surface area contributed by atoms with Gasteiger partial charge in [-0.3, -0.25) is 0 Å². The van der Waals surface area contributed by atoms with Gasteiger partial charge in [0.1, 0.15) is 20.6 Å². The summed E-state index contributed by atoms with van der Waals surface area (Å²) in [6.07, 6.45) is 1.87. The maximum atomic E-state index is 13.6. The number of methoxy groups -OCH3 is 1. The van der Waals surface area contributed by atoms with E-state index in [1.54, 1.807) is 18.2 Å². The lowest BCUT2D eigenvalue weighted by atomic mass is 10.1.